The SMILES string of the molecule is Cc1cc(C)cc(CC(=O)c2ccc(Cl)cc2C)c1. The number of carbonyl (C=O) groups excluding carboxylic acids is 1. The van der Waals surface area contributed by atoms with Crippen molar-refractivity contribution in [2.45, 2.75) is 27.2 Å². The van der Waals surface area contributed by atoms with Crippen molar-refractivity contribution in [3.8, 4) is 0 Å². The van der Waals surface area contributed by atoms with Gasteiger partial charge in [-0.3, -0.25) is 4.79 Å². The van der Waals surface area contributed by atoms with Gasteiger partial charge in [-0.05, 0) is 50.1 Å². The standard InChI is InChI=1S/C17H17ClO/c1-11-6-12(2)8-14(7-11)10-17(19)16-5-4-15(18)9-13(16)3/h4-9H,10H2,1-3H3. The maximum atomic E-state index is 12.3. The summed E-state index contributed by atoms with van der Waals surface area (Å²) in [5.74, 6) is 0.138. The number of carbonyl (C=O) groups is 1. The first kappa shape index (κ1) is 13.8. The lowest BCUT2D eigenvalue weighted by atomic mass is 9.97. The second-order valence-corrected chi connectivity index (χ2v) is 5.49. The van der Waals surface area contributed by atoms with Crippen LogP contribution in [0.2, 0.25) is 5.02 Å². The van der Waals surface area contributed by atoms with E-state index in [9.17, 15) is 4.79 Å². The van der Waals surface area contributed by atoms with Gasteiger partial charge in [0.05, 0.1) is 0 Å². The average Bonchev–Trinajstić information content (AvgIpc) is 2.26. The summed E-state index contributed by atoms with van der Waals surface area (Å²) in [5.41, 5.74) is 5.13. The lowest BCUT2D eigenvalue weighted by Gasteiger charge is -2.07. The minimum atomic E-state index is 0.138. The zero-order chi connectivity index (χ0) is 14.0. The van der Waals surface area contributed by atoms with Crippen LogP contribution in [0.25, 0.3) is 0 Å². The van der Waals surface area contributed by atoms with Crippen LogP contribution in [0, 0.1) is 20.8 Å². The Labute approximate surface area is 119 Å². The third kappa shape index (κ3) is 3.45. The molecule has 0 amide bonds. The number of hydrogen-bond acceptors (Lipinski definition) is 1. The largest absolute Gasteiger partial charge is 0.294 e. The monoisotopic (exact) mass is 272 g/mol. The van der Waals surface area contributed by atoms with Gasteiger partial charge in [0.2, 0.25) is 0 Å². The van der Waals surface area contributed by atoms with Crippen LogP contribution in [-0.4, -0.2) is 5.78 Å². The highest BCUT2D eigenvalue weighted by atomic mass is 35.5. The van der Waals surface area contributed by atoms with E-state index in [1.807, 2.05) is 19.1 Å². The summed E-state index contributed by atoms with van der Waals surface area (Å²) in [7, 11) is 0. The molecule has 2 heteroatoms. The summed E-state index contributed by atoms with van der Waals surface area (Å²) < 4.78 is 0. The lowest BCUT2D eigenvalue weighted by molar-refractivity contribution is 0.0992. The fraction of sp³-hybridized carbons (Fsp3) is 0.235. The number of halogens is 1. The van der Waals surface area contributed by atoms with Crippen LogP contribution in [0.15, 0.2) is 36.4 Å². The van der Waals surface area contributed by atoms with Crippen molar-refractivity contribution in [1.82, 2.24) is 0 Å². The van der Waals surface area contributed by atoms with Crippen LogP contribution in [0.1, 0.15) is 32.6 Å². The highest BCUT2D eigenvalue weighted by Gasteiger charge is 2.10. The number of Topliss-reactive ketones (excluding diaryl/α,β-unsaturated/α-hetero) is 1. The molecule has 0 spiro atoms. The first-order valence-electron chi connectivity index (χ1n) is 6.32. The minimum Gasteiger partial charge on any atom is -0.294 e. The molecule has 0 unspecified atom stereocenters. The number of rotatable bonds is 3. The second kappa shape index (κ2) is 5.58. The predicted octanol–water partition coefficient (Wildman–Crippen LogP) is 4.69. The second-order valence-electron chi connectivity index (χ2n) is 5.06. The zero-order valence-corrected chi connectivity index (χ0v) is 12.2. The summed E-state index contributed by atoms with van der Waals surface area (Å²) in [4.78, 5) is 12.3. The van der Waals surface area contributed by atoms with Gasteiger partial charge >= 0.3 is 0 Å². The molecule has 2 aromatic carbocycles. The molecule has 0 saturated carbocycles. The predicted molar refractivity (Wildman–Crippen MR) is 80.1 cm³/mol. The van der Waals surface area contributed by atoms with E-state index in [1.54, 1.807) is 6.07 Å². The van der Waals surface area contributed by atoms with E-state index >= 15 is 0 Å². The molecule has 98 valence electrons. The van der Waals surface area contributed by atoms with E-state index in [4.69, 9.17) is 11.6 Å². The summed E-state index contributed by atoms with van der Waals surface area (Å²) in [6, 6.07) is 11.6. The Balaban J connectivity index is 2.25. The van der Waals surface area contributed by atoms with Gasteiger partial charge in [-0.15, -0.1) is 0 Å². The van der Waals surface area contributed by atoms with E-state index in [-0.39, 0.29) is 5.78 Å². The van der Waals surface area contributed by atoms with Crippen LogP contribution in [0.4, 0.5) is 0 Å². The lowest BCUT2D eigenvalue weighted by Crippen LogP contribution is -2.06. The minimum absolute atomic E-state index is 0.138. The molecule has 0 bridgehead atoms. The van der Waals surface area contributed by atoms with Gasteiger partial charge < -0.3 is 0 Å². The van der Waals surface area contributed by atoms with Gasteiger partial charge in [-0.2, -0.15) is 0 Å². The Bertz CT molecular complexity index is 609. The van der Waals surface area contributed by atoms with Crippen molar-refractivity contribution >= 4 is 17.4 Å². The Morgan fingerprint density at radius 1 is 1.00 bits per heavy atom. The van der Waals surface area contributed by atoms with E-state index < -0.39 is 0 Å². The van der Waals surface area contributed by atoms with Crippen molar-refractivity contribution in [3.05, 3.63) is 69.2 Å². The Hall–Kier alpha value is -1.60. The van der Waals surface area contributed by atoms with E-state index in [2.05, 4.69) is 32.0 Å². The molecule has 0 aliphatic carbocycles. The molecular weight excluding hydrogens is 256 g/mol. The van der Waals surface area contributed by atoms with Crippen LogP contribution >= 0.6 is 11.6 Å². The van der Waals surface area contributed by atoms with Crippen molar-refractivity contribution in [3.63, 3.8) is 0 Å². The normalized spacial score (nSPS) is 10.5. The average molecular weight is 273 g/mol. The fourth-order valence-corrected chi connectivity index (χ4v) is 2.62. The molecule has 0 fully saturated rings. The first-order chi connectivity index (χ1) is 8.95. The molecule has 0 N–H and O–H groups in total. The maximum Gasteiger partial charge on any atom is 0.167 e. The molecule has 0 aliphatic heterocycles. The van der Waals surface area contributed by atoms with Gasteiger partial charge in [0.25, 0.3) is 0 Å². The molecule has 2 aromatic rings. The summed E-state index contributed by atoms with van der Waals surface area (Å²) in [6.07, 6.45) is 0.436. The van der Waals surface area contributed by atoms with Crippen molar-refractivity contribution in [2.24, 2.45) is 0 Å². The quantitative estimate of drug-likeness (QED) is 0.741. The highest BCUT2D eigenvalue weighted by Crippen LogP contribution is 2.18. The number of hydrogen-bond donors (Lipinski definition) is 0. The Morgan fingerprint density at radius 2 is 1.63 bits per heavy atom. The van der Waals surface area contributed by atoms with Gasteiger partial charge in [-0.1, -0.05) is 40.9 Å². The van der Waals surface area contributed by atoms with Crippen molar-refractivity contribution in [1.29, 1.82) is 0 Å². The smallest absolute Gasteiger partial charge is 0.167 e. The third-order valence-electron chi connectivity index (χ3n) is 3.14. The van der Waals surface area contributed by atoms with Crippen LogP contribution in [0.3, 0.4) is 0 Å². The first-order valence-corrected chi connectivity index (χ1v) is 6.70. The molecule has 19 heavy (non-hydrogen) atoms. The fourth-order valence-electron chi connectivity index (χ4n) is 2.39. The number of aryl methyl sites for hydroxylation is 3. The van der Waals surface area contributed by atoms with Gasteiger partial charge in [0.1, 0.15) is 0 Å². The topological polar surface area (TPSA) is 17.1 Å². The van der Waals surface area contributed by atoms with Gasteiger partial charge in [-0.25, -0.2) is 0 Å². The third-order valence-corrected chi connectivity index (χ3v) is 3.37. The summed E-state index contributed by atoms with van der Waals surface area (Å²) in [6.45, 7) is 6.02. The van der Waals surface area contributed by atoms with Crippen LogP contribution in [-0.2, 0) is 6.42 Å². The van der Waals surface area contributed by atoms with E-state index in [0.717, 1.165) is 16.7 Å². The zero-order valence-electron chi connectivity index (χ0n) is 11.5. The van der Waals surface area contributed by atoms with E-state index in [1.165, 1.54) is 11.1 Å². The van der Waals surface area contributed by atoms with Crippen LogP contribution < -0.4 is 0 Å². The molecule has 2 rings (SSSR count). The number of benzene rings is 2. The van der Waals surface area contributed by atoms with Crippen LogP contribution in [0.5, 0.6) is 0 Å². The molecule has 0 heterocycles. The molecular formula is C17H17ClO. The molecule has 0 radical (unpaired) electrons. The molecule has 0 aliphatic rings. The van der Waals surface area contributed by atoms with Gasteiger partial charge in [0.15, 0.2) is 5.78 Å². The molecule has 0 atom stereocenters. The maximum absolute atomic E-state index is 12.3. The van der Waals surface area contributed by atoms with Gasteiger partial charge in [0, 0.05) is 17.0 Å². The Kier molecular flexibility index (Phi) is 4.06. The Morgan fingerprint density at radius 3 is 2.21 bits per heavy atom. The molecule has 0 aromatic heterocycles. The van der Waals surface area contributed by atoms with E-state index in [0.29, 0.717) is 11.4 Å². The van der Waals surface area contributed by atoms with Crippen molar-refractivity contribution < 1.29 is 4.79 Å². The molecule has 1 nitrogen and oxygen atoms in total. The summed E-state index contributed by atoms with van der Waals surface area (Å²) >= 11 is 5.91. The number of ketones is 1. The summed E-state index contributed by atoms with van der Waals surface area (Å²) in [5, 5.41) is 0.667. The molecule has 0 saturated heterocycles. The highest BCUT2D eigenvalue weighted by molar-refractivity contribution is 6.30. The van der Waals surface area contributed by atoms with Crippen molar-refractivity contribution in [2.75, 3.05) is 0 Å².